The highest BCUT2D eigenvalue weighted by molar-refractivity contribution is 5.76. The molecule has 0 aliphatic carbocycles. The molecule has 0 N–H and O–H groups in total. The first kappa shape index (κ1) is 22.1. The normalized spacial score (nSPS) is 15.7. The SMILES string of the molecule is CCC(c1cccc(OC)c1)N(C)C(=O)CC1CCN(c2nc(C)cc(C)n2)CC1. The Labute approximate surface area is 180 Å². The quantitative estimate of drug-likeness (QED) is 0.680. The number of hydrogen-bond acceptors (Lipinski definition) is 5. The molecule has 1 unspecified atom stereocenters. The van der Waals surface area contributed by atoms with Crippen molar-refractivity contribution in [3.63, 3.8) is 0 Å². The largest absolute Gasteiger partial charge is 0.497 e. The van der Waals surface area contributed by atoms with Crippen LogP contribution in [0, 0.1) is 19.8 Å². The average Bonchev–Trinajstić information content (AvgIpc) is 2.74. The summed E-state index contributed by atoms with van der Waals surface area (Å²) in [5.41, 5.74) is 3.12. The van der Waals surface area contributed by atoms with Crippen LogP contribution in [0.3, 0.4) is 0 Å². The molecule has 1 fully saturated rings. The van der Waals surface area contributed by atoms with Crippen molar-refractivity contribution in [3.05, 3.63) is 47.3 Å². The molecule has 1 aliphatic rings. The number of methoxy groups -OCH3 is 1. The van der Waals surface area contributed by atoms with E-state index in [4.69, 9.17) is 4.74 Å². The van der Waals surface area contributed by atoms with E-state index in [-0.39, 0.29) is 11.9 Å². The van der Waals surface area contributed by atoms with Crippen molar-refractivity contribution in [2.75, 3.05) is 32.1 Å². The Morgan fingerprint density at radius 1 is 1.20 bits per heavy atom. The Hall–Kier alpha value is -2.63. The number of benzene rings is 1. The van der Waals surface area contributed by atoms with Gasteiger partial charge in [0.1, 0.15) is 5.75 Å². The van der Waals surface area contributed by atoms with Gasteiger partial charge in [-0.2, -0.15) is 0 Å². The lowest BCUT2D eigenvalue weighted by atomic mass is 9.92. The number of aryl methyl sites for hydroxylation is 2. The number of aromatic nitrogens is 2. The standard InChI is InChI=1S/C24H34N4O2/c1-6-22(20-8-7-9-21(16-20)30-5)27(4)23(29)15-19-10-12-28(13-11-19)24-25-17(2)14-18(3)26-24/h7-9,14,16,19,22H,6,10-13,15H2,1-5H3. The molecular weight excluding hydrogens is 376 g/mol. The molecule has 2 aromatic rings. The smallest absolute Gasteiger partial charge is 0.225 e. The van der Waals surface area contributed by atoms with Crippen LogP contribution in [0.4, 0.5) is 5.95 Å². The molecule has 6 heteroatoms. The Morgan fingerprint density at radius 3 is 2.47 bits per heavy atom. The lowest BCUT2D eigenvalue weighted by Crippen LogP contribution is -2.38. The first-order valence-electron chi connectivity index (χ1n) is 10.9. The zero-order valence-corrected chi connectivity index (χ0v) is 18.9. The molecule has 0 radical (unpaired) electrons. The van der Waals surface area contributed by atoms with Gasteiger partial charge in [-0.3, -0.25) is 4.79 Å². The van der Waals surface area contributed by atoms with Crippen LogP contribution >= 0.6 is 0 Å². The Bertz CT molecular complexity index is 842. The molecular formula is C24H34N4O2. The van der Waals surface area contributed by atoms with Gasteiger partial charge in [-0.05, 0) is 62.8 Å². The van der Waals surface area contributed by atoms with Crippen LogP contribution < -0.4 is 9.64 Å². The van der Waals surface area contributed by atoms with Gasteiger partial charge >= 0.3 is 0 Å². The van der Waals surface area contributed by atoms with Gasteiger partial charge in [0.2, 0.25) is 11.9 Å². The predicted molar refractivity (Wildman–Crippen MR) is 120 cm³/mol. The second-order valence-electron chi connectivity index (χ2n) is 8.29. The van der Waals surface area contributed by atoms with E-state index in [1.807, 2.05) is 50.1 Å². The number of carbonyl (C=O) groups excluding carboxylic acids is 1. The summed E-state index contributed by atoms with van der Waals surface area (Å²) in [7, 11) is 3.60. The maximum Gasteiger partial charge on any atom is 0.225 e. The van der Waals surface area contributed by atoms with E-state index in [2.05, 4.69) is 27.9 Å². The van der Waals surface area contributed by atoms with Crippen LogP contribution in [-0.2, 0) is 4.79 Å². The first-order chi connectivity index (χ1) is 14.4. The Morgan fingerprint density at radius 2 is 1.87 bits per heavy atom. The minimum absolute atomic E-state index is 0.0661. The number of hydrogen-bond donors (Lipinski definition) is 0. The molecule has 1 aromatic heterocycles. The van der Waals surface area contributed by atoms with Crippen molar-refractivity contribution >= 4 is 11.9 Å². The summed E-state index contributed by atoms with van der Waals surface area (Å²) >= 11 is 0. The summed E-state index contributed by atoms with van der Waals surface area (Å²) < 4.78 is 5.35. The minimum Gasteiger partial charge on any atom is -0.497 e. The lowest BCUT2D eigenvalue weighted by molar-refractivity contribution is -0.133. The van der Waals surface area contributed by atoms with E-state index in [1.165, 1.54) is 0 Å². The van der Waals surface area contributed by atoms with Gasteiger partial charge in [-0.1, -0.05) is 19.1 Å². The fourth-order valence-electron chi connectivity index (χ4n) is 4.33. The topological polar surface area (TPSA) is 58.6 Å². The van der Waals surface area contributed by atoms with Gasteiger partial charge in [0, 0.05) is 37.9 Å². The second kappa shape index (κ2) is 9.92. The number of nitrogens with zero attached hydrogens (tertiary/aromatic N) is 4. The van der Waals surface area contributed by atoms with Crippen LogP contribution in [0.5, 0.6) is 5.75 Å². The number of anilines is 1. The third kappa shape index (κ3) is 5.29. The summed E-state index contributed by atoms with van der Waals surface area (Å²) in [5, 5.41) is 0. The highest BCUT2D eigenvalue weighted by atomic mass is 16.5. The van der Waals surface area contributed by atoms with Gasteiger partial charge < -0.3 is 14.5 Å². The van der Waals surface area contributed by atoms with Crippen LogP contribution in [0.25, 0.3) is 0 Å². The number of carbonyl (C=O) groups is 1. The zero-order chi connectivity index (χ0) is 21.7. The van der Waals surface area contributed by atoms with Crippen molar-refractivity contribution in [1.29, 1.82) is 0 Å². The maximum atomic E-state index is 13.0. The van der Waals surface area contributed by atoms with Crippen LogP contribution in [0.2, 0.25) is 0 Å². The van der Waals surface area contributed by atoms with E-state index in [0.29, 0.717) is 12.3 Å². The maximum absolute atomic E-state index is 13.0. The fourth-order valence-corrected chi connectivity index (χ4v) is 4.33. The summed E-state index contributed by atoms with van der Waals surface area (Å²) in [6, 6.07) is 10.1. The highest BCUT2D eigenvalue weighted by Crippen LogP contribution is 2.29. The molecule has 6 nitrogen and oxygen atoms in total. The van der Waals surface area contributed by atoms with Crippen molar-refractivity contribution in [3.8, 4) is 5.75 Å². The van der Waals surface area contributed by atoms with Crippen LogP contribution in [-0.4, -0.2) is 48.0 Å². The zero-order valence-electron chi connectivity index (χ0n) is 18.9. The average molecular weight is 411 g/mol. The predicted octanol–water partition coefficient (Wildman–Crippen LogP) is 4.32. The van der Waals surface area contributed by atoms with Crippen molar-refractivity contribution in [2.45, 2.75) is 52.5 Å². The number of rotatable bonds is 7. The van der Waals surface area contributed by atoms with Crippen molar-refractivity contribution in [2.24, 2.45) is 5.92 Å². The van der Waals surface area contributed by atoms with E-state index < -0.39 is 0 Å². The molecule has 1 saturated heterocycles. The van der Waals surface area contributed by atoms with Crippen molar-refractivity contribution < 1.29 is 9.53 Å². The summed E-state index contributed by atoms with van der Waals surface area (Å²) in [6.45, 7) is 7.93. The molecule has 1 amide bonds. The third-order valence-electron chi connectivity index (χ3n) is 6.06. The molecule has 162 valence electrons. The molecule has 1 atom stereocenters. The Kier molecular flexibility index (Phi) is 7.29. The van der Waals surface area contributed by atoms with E-state index in [9.17, 15) is 4.79 Å². The molecule has 1 aromatic carbocycles. The highest BCUT2D eigenvalue weighted by Gasteiger charge is 2.27. The summed E-state index contributed by atoms with van der Waals surface area (Å²) in [5.74, 6) is 2.27. The van der Waals surface area contributed by atoms with Gasteiger partial charge in [0.25, 0.3) is 0 Å². The number of amides is 1. The number of piperidine rings is 1. The molecule has 30 heavy (non-hydrogen) atoms. The number of ether oxygens (including phenoxy) is 1. The fraction of sp³-hybridized carbons (Fsp3) is 0.542. The molecule has 0 bridgehead atoms. The van der Waals surface area contributed by atoms with Gasteiger partial charge in [0.15, 0.2) is 0 Å². The van der Waals surface area contributed by atoms with Gasteiger partial charge in [0.05, 0.1) is 13.2 Å². The van der Waals surface area contributed by atoms with E-state index in [0.717, 1.165) is 61.0 Å². The molecule has 0 saturated carbocycles. The lowest BCUT2D eigenvalue weighted by Gasteiger charge is -2.34. The minimum atomic E-state index is 0.0661. The van der Waals surface area contributed by atoms with Gasteiger partial charge in [-0.25, -0.2) is 9.97 Å². The van der Waals surface area contributed by atoms with Gasteiger partial charge in [-0.15, -0.1) is 0 Å². The monoisotopic (exact) mass is 410 g/mol. The molecule has 1 aliphatic heterocycles. The van der Waals surface area contributed by atoms with E-state index >= 15 is 0 Å². The third-order valence-corrected chi connectivity index (χ3v) is 6.06. The van der Waals surface area contributed by atoms with E-state index in [1.54, 1.807) is 7.11 Å². The second-order valence-corrected chi connectivity index (χ2v) is 8.29. The summed E-state index contributed by atoms with van der Waals surface area (Å²) in [4.78, 5) is 26.4. The van der Waals surface area contributed by atoms with Crippen molar-refractivity contribution in [1.82, 2.24) is 14.9 Å². The van der Waals surface area contributed by atoms with Crippen LogP contribution in [0.1, 0.15) is 55.6 Å². The first-order valence-corrected chi connectivity index (χ1v) is 10.9. The molecule has 3 rings (SSSR count). The molecule has 2 heterocycles. The Balaban J connectivity index is 1.58. The summed E-state index contributed by atoms with van der Waals surface area (Å²) in [6.07, 6.45) is 3.45. The molecule has 0 spiro atoms. The van der Waals surface area contributed by atoms with Crippen LogP contribution in [0.15, 0.2) is 30.3 Å².